The molecule has 0 aliphatic rings. The molecular weight excluding hydrogens is 337 g/mol. The van der Waals surface area contributed by atoms with Crippen LogP contribution in [0.4, 0.5) is 13.2 Å². The fourth-order valence-corrected chi connectivity index (χ4v) is 2.09. The highest BCUT2D eigenvalue weighted by atomic mass is 35.5. The Labute approximate surface area is 132 Å². The van der Waals surface area contributed by atoms with Crippen LogP contribution in [0.15, 0.2) is 24.3 Å². The molecule has 0 atom stereocenters. The molecular formula is C12H8ClF3N6O. The van der Waals surface area contributed by atoms with Gasteiger partial charge in [0.15, 0.2) is 0 Å². The van der Waals surface area contributed by atoms with Crippen molar-refractivity contribution < 1.29 is 17.9 Å². The minimum atomic E-state index is -4.57. The van der Waals surface area contributed by atoms with E-state index < -0.39 is 12.0 Å². The maximum Gasteiger partial charge on any atom is 0.449 e. The van der Waals surface area contributed by atoms with E-state index in [1.54, 1.807) is 18.2 Å². The largest absolute Gasteiger partial charge is 0.459 e. The van der Waals surface area contributed by atoms with Gasteiger partial charge >= 0.3 is 12.2 Å². The highest BCUT2D eigenvalue weighted by Gasteiger charge is 2.37. The summed E-state index contributed by atoms with van der Waals surface area (Å²) in [5.41, 5.74) is 0.614. The summed E-state index contributed by atoms with van der Waals surface area (Å²) in [7, 11) is 0. The molecule has 11 heteroatoms. The maximum atomic E-state index is 13.1. The molecule has 0 amide bonds. The molecule has 1 aromatic carbocycles. The van der Waals surface area contributed by atoms with Gasteiger partial charge in [0.05, 0.1) is 17.6 Å². The molecule has 0 aliphatic carbocycles. The predicted octanol–water partition coefficient (Wildman–Crippen LogP) is 2.37. The SMILES string of the molecule is FC(F)(F)c1nc2ccccc2n1CCOc1nnc(Cl)nn1. The molecule has 0 unspecified atom stereocenters. The number of para-hydroxylation sites is 2. The highest BCUT2D eigenvalue weighted by molar-refractivity contribution is 6.28. The summed E-state index contributed by atoms with van der Waals surface area (Å²) in [6.45, 7) is -0.213. The topological polar surface area (TPSA) is 78.6 Å². The number of rotatable bonds is 4. The van der Waals surface area contributed by atoms with E-state index in [0.717, 1.165) is 4.57 Å². The van der Waals surface area contributed by atoms with E-state index in [1.807, 2.05) is 0 Å². The Morgan fingerprint density at radius 2 is 1.78 bits per heavy atom. The molecule has 23 heavy (non-hydrogen) atoms. The number of nitrogens with zero attached hydrogens (tertiary/aromatic N) is 6. The molecule has 2 heterocycles. The number of fused-ring (bicyclic) bond motifs is 1. The first kappa shape index (κ1) is 15.4. The predicted molar refractivity (Wildman–Crippen MR) is 72.9 cm³/mol. The number of benzene rings is 1. The van der Waals surface area contributed by atoms with Gasteiger partial charge in [0.25, 0.3) is 5.28 Å². The second-order valence-corrected chi connectivity index (χ2v) is 4.71. The zero-order chi connectivity index (χ0) is 16.4. The van der Waals surface area contributed by atoms with Gasteiger partial charge < -0.3 is 9.30 Å². The third kappa shape index (κ3) is 3.31. The smallest absolute Gasteiger partial charge is 0.449 e. The highest BCUT2D eigenvalue weighted by Crippen LogP contribution is 2.31. The Kier molecular flexibility index (Phi) is 3.99. The lowest BCUT2D eigenvalue weighted by Crippen LogP contribution is -2.18. The van der Waals surface area contributed by atoms with Crippen LogP contribution in [0.25, 0.3) is 11.0 Å². The van der Waals surface area contributed by atoms with Crippen LogP contribution in [-0.2, 0) is 12.7 Å². The minimum absolute atomic E-state index is 0.0959. The molecule has 0 saturated heterocycles. The van der Waals surface area contributed by atoms with Gasteiger partial charge in [-0.2, -0.15) is 13.2 Å². The van der Waals surface area contributed by atoms with Crippen molar-refractivity contribution in [2.45, 2.75) is 12.7 Å². The first-order valence-electron chi connectivity index (χ1n) is 6.33. The second kappa shape index (κ2) is 5.95. The number of halogens is 4. The molecule has 3 aromatic rings. The van der Waals surface area contributed by atoms with Crippen molar-refractivity contribution in [1.29, 1.82) is 0 Å². The van der Waals surface area contributed by atoms with Crippen molar-refractivity contribution in [2.75, 3.05) is 6.61 Å². The molecule has 3 rings (SSSR count). The van der Waals surface area contributed by atoms with E-state index >= 15 is 0 Å². The van der Waals surface area contributed by atoms with Gasteiger partial charge in [-0.25, -0.2) is 4.98 Å². The zero-order valence-corrected chi connectivity index (χ0v) is 12.1. The summed E-state index contributed by atoms with van der Waals surface area (Å²) in [5.74, 6) is -0.990. The molecule has 0 spiro atoms. The molecule has 7 nitrogen and oxygen atoms in total. The van der Waals surface area contributed by atoms with Crippen LogP contribution in [0.1, 0.15) is 5.82 Å². The van der Waals surface area contributed by atoms with Crippen LogP contribution in [0, 0.1) is 0 Å². The molecule has 0 N–H and O–H groups in total. The van der Waals surface area contributed by atoms with Crippen LogP contribution in [0.5, 0.6) is 6.01 Å². The zero-order valence-electron chi connectivity index (χ0n) is 11.3. The van der Waals surface area contributed by atoms with Gasteiger partial charge in [-0.3, -0.25) is 0 Å². The van der Waals surface area contributed by atoms with Crippen molar-refractivity contribution in [3.8, 4) is 6.01 Å². The standard InChI is InChI=1S/C12H8ClF3N6O/c13-10-18-20-11(21-19-10)23-6-5-22-8-4-2-1-3-7(8)17-9(22)12(14,15)16/h1-4H,5-6H2. The van der Waals surface area contributed by atoms with E-state index in [4.69, 9.17) is 16.3 Å². The number of alkyl halides is 3. The fraction of sp³-hybridized carbons (Fsp3) is 0.250. The molecule has 0 fully saturated rings. The molecule has 120 valence electrons. The summed E-state index contributed by atoms with van der Waals surface area (Å²) in [5, 5.41) is 13.7. The third-order valence-corrected chi connectivity index (χ3v) is 3.04. The van der Waals surface area contributed by atoms with Crippen molar-refractivity contribution in [3.05, 3.63) is 35.4 Å². The third-order valence-electron chi connectivity index (χ3n) is 2.89. The van der Waals surface area contributed by atoms with E-state index in [2.05, 4.69) is 25.4 Å². The van der Waals surface area contributed by atoms with Gasteiger partial charge in [-0.15, -0.1) is 10.2 Å². The fourth-order valence-electron chi connectivity index (χ4n) is 2.01. The summed E-state index contributed by atoms with van der Waals surface area (Å²) in [4.78, 5) is 3.63. The first-order valence-corrected chi connectivity index (χ1v) is 6.71. The molecule has 0 saturated carbocycles. The number of hydrogen-bond donors (Lipinski definition) is 0. The lowest BCUT2D eigenvalue weighted by atomic mass is 10.3. The Balaban J connectivity index is 1.82. The lowest BCUT2D eigenvalue weighted by molar-refractivity contribution is -0.147. The average molecular weight is 345 g/mol. The minimum Gasteiger partial charge on any atom is -0.459 e. The van der Waals surface area contributed by atoms with E-state index in [0.29, 0.717) is 5.52 Å². The van der Waals surface area contributed by atoms with Crippen LogP contribution in [0.3, 0.4) is 0 Å². The van der Waals surface area contributed by atoms with Gasteiger partial charge in [0.2, 0.25) is 5.82 Å². The lowest BCUT2D eigenvalue weighted by Gasteiger charge is -2.11. The summed E-state index contributed by atoms with van der Waals surface area (Å²) in [6.07, 6.45) is -4.57. The van der Waals surface area contributed by atoms with Crippen LogP contribution >= 0.6 is 11.6 Å². The van der Waals surface area contributed by atoms with Crippen LogP contribution in [-0.4, -0.2) is 36.6 Å². The monoisotopic (exact) mass is 344 g/mol. The molecule has 2 aromatic heterocycles. The van der Waals surface area contributed by atoms with Crippen LogP contribution < -0.4 is 4.74 Å². The first-order chi connectivity index (χ1) is 10.9. The van der Waals surface area contributed by atoms with Crippen molar-refractivity contribution >= 4 is 22.6 Å². The Morgan fingerprint density at radius 3 is 2.48 bits per heavy atom. The Bertz CT molecular complexity index is 820. The molecule has 0 bridgehead atoms. The Hall–Kier alpha value is -2.49. The van der Waals surface area contributed by atoms with Gasteiger partial charge in [-0.1, -0.05) is 22.3 Å². The summed E-state index contributed by atoms with van der Waals surface area (Å²) < 4.78 is 45.5. The normalized spacial score (nSPS) is 11.8. The van der Waals surface area contributed by atoms with E-state index in [9.17, 15) is 13.2 Å². The van der Waals surface area contributed by atoms with Gasteiger partial charge in [0, 0.05) is 0 Å². The molecule has 0 aliphatic heterocycles. The van der Waals surface area contributed by atoms with Gasteiger partial charge in [0.1, 0.15) is 6.61 Å². The maximum absolute atomic E-state index is 13.1. The number of ether oxygens (including phenoxy) is 1. The second-order valence-electron chi connectivity index (χ2n) is 4.37. The number of hydrogen-bond acceptors (Lipinski definition) is 6. The Morgan fingerprint density at radius 1 is 1.09 bits per heavy atom. The quantitative estimate of drug-likeness (QED) is 0.723. The van der Waals surface area contributed by atoms with E-state index in [-0.39, 0.29) is 30.0 Å². The van der Waals surface area contributed by atoms with Gasteiger partial charge in [-0.05, 0) is 23.7 Å². The van der Waals surface area contributed by atoms with Crippen LogP contribution in [0.2, 0.25) is 5.28 Å². The number of imidazole rings is 1. The summed E-state index contributed by atoms with van der Waals surface area (Å²) in [6, 6.07) is 6.15. The van der Waals surface area contributed by atoms with E-state index in [1.165, 1.54) is 6.07 Å². The average Bonchev–Trinajstić information content (AvgIpc) is 2.89. The van der Waals surface area contributed by atoms with Crippen molar-refractivity contribution in [2.24, 2.45) is 0 Å². The van der Waals surface area contributed by atoms with Crippen molar-refractivity contribution in [1.82, 2.24) is 29.9 Å². The number of aromatic nitrogens is 6. The molecule has 0 radical (unpaired) electrons. The van der Waals surface area contributed by atoms with Crippen molar-refractivity contribution in [3.63, 3.8) is 0 Å². The summed E-state index contributed by atoms with van der Waals surface area (Å²) >= 11 is 5.42.